The molecule has 3 nitrogen and oxygen atoms in total. The quantitative estimate of drug-likeness (QED) is 0.714. The van der Waals surface area contributed by atoms with Crippen LogP contribution >= 0.6 is 0 Å². The second-order valence-electron chi connectivity index (χ2n) is 2.90. The van der Waals surface area contributed by atoms with E-state index in [2.05, 4.69) is 4.98 Å². The van der Waals surface area contributed by atoms with E-state index in [4.69, 9.17) is 5.73 Å². The summed E-state index contributed by atoms with van der Waals surface area (Å²) in [4.78, 5) is 13.2. The number of carbonyl (C=O) groups is 1. The molecule has 2 rings (SSSR count). The Bertz CT molecular complexity index is 519. The highest BCUT2D eigenvalue weighted by atomic mass is 19.1. The summed E-state index contributed by atoms with van der Waals surface area (Å²) in [6.07, 6.45) is 0. The number of carbonyl (C=O) groups excluding carboxylic acids is 1. The molecular weight excluding hydrogens is 190 g/mol. The molecule has 0 fully saturated rings. The van der Waals surface area contributed by atoms with Crippen LogP contribution in [-0.2, 0) is 0 Å². The summed E-state index contributed by atoms with van der Waals surface area (Å²) < 4.78 is 25.8. The summed E-state index contributed by atoms with van der Waals surface area (Å²) in [5, 5.41) is 0.288. The molecule has 0 aliphatic rings. The highest BCUT2D eigenvalue weighted by molar-refractivity contribution is 5.97. The van der Waals surface area contributed by atoms with E-state index in [1.807, 2.05) is 0 Å². The first-order chi connectivity index (χ1) is 6.58. The Morgan fingerprint density at radius 1 is 1.29 bits per heavy atom. The van der Waals surface area contributed by atoms with Gasteiger partial charge in [0.05, 0.1) is 5.52 Å². The van der Waals surface area contributed by atoms with Crippen molar-refractivity contribution < 1.29 is 13.6 Å². The van der Waals surface area contributed by atoms with Crippen LogP contribution in [-0.4, -0.2) is 10.9 Å². The Hall–Kier alpha value is -1.91. The van der Waals surface area contributed by atoms with Crippen LogP contribution in [0.2, 0.25) is 0 Å². The number of aromatic nitrogens is 1. The lowest BCUT2D eigenvalue weighted by Crippen LogP contribution is -2.10. The van der Waals surface area contributed by atoms with E-state index in [1.54, 1.807) is 0 Å². The molecule has 0 saturated carbocycles. The Balaban J connectivity index is 2.76. The number of amides is 1. The molecule has 1 aromatic heterocycles. The third-order valence-corrected chi connectivity index (χ3v) is 1.91. The molecule has 0 bridgehead atoms. The van der Waals surface area contributed by atoms with E-state index in [0.717, 1.165) is 12.1 Å². The van der Waals surface area contributed by atoms with E-state index >= 15 is 0 Å². The molecule has 2 aromatic rings. The number of nitrogens with two attached hydrogens (primary N) is 1. The SMILES string of the molecule is NC(=O)c1cc2cc(F)cc(F)c2[nH]1. The minimum Gasteiger partial charge on any atom is -0.364 e. The maximum absolute atomic E-state index is 13.1. The van der Waals surface area contributed by atoms with Crippen LogP contribution in [0.4, 0.5) is 8.78 Å². The number of halogens is 2. The number of primary amides is 1. The van der Waals surface area contributed by atoms with Gasteiger partial charge in [0.15, 0.2) is 0 Å². The topological polar surface area (TPSA) is 58.9 Å². The molecule has 1 heterocycles. The molecular formula is C9H6F2N2O. The van der Waals surface area contributed by atoms with Crippen molar-refractivity contribution in [3.63, 3.8) is 0 Å². The zero-order valence-electron chi connectivity index (χ0n) is 6.97. The van der Waals surface area contributed by atoms with Gasteiger partial charge in [0.1, 0.15) is 17.3 Å². The molecule has 14 heavy (non-hydrogen) atoms. The summed E-state index contributed by atoms with van der Waals surface area (Å²) in [5.41, 5.74) is 5.12. The van der Waals surface area contributed by atoms with Crippen LogP contribution in [0.1, 0.15) is 10.5 Å². The van der Waals surface area contributed by atoms with Gasteiger partial charge in [0.25, 0.3) is 5.91 Å². The fourth-order valence-corrected chi connectivity index (χ4v) is 1.30. The van der Waals surface area contributed by atoms with Gasteiger partial charge in [-0.15, -0.1) is 0 Å². The molecule has 5 heteroatoms. The normalized spacial score (nSPS) is 10.7. The second-order valence-corrected chi connectivity index (χ2v) is 2.90. The third-order valence-electron chi connectivity index (χ3n) is 1.91. The number of hydrogen-bond acceptors (Lipinski definition) is 1. The standard InChI is InChI=1S/C9H6F2N2O/c10-5-1-4-2-7(9(12)14)13-8(4)6(11)3-5/h1-3,13H,(H2,12,14). The van der Waals surface area contributed by atoms with Crippen LogP contribution < -0.4 is 5.73 Å². The first kappa shape index (κ1) is 8.68. The zero-order valence-corrected chi connectivity index (χ0v) is 6.97. The van der Waals surface area contributed by atoms with Crippen molar-refractivity contribution in [1.29, 1.82) is 0 Å². The number of aromatic amines is 1. The minimum atomic E-state index is -0.743. The highest BCUT2D eigenvalue weighted by Gasteiger charge is 2.10. The lowest BCUT2D eigenvalue weighted by atomic mass is 10.2. The Kier molecular flexibility index (Phi) is 1.73. The summed E-state index contributed by atoms with van der Waals surface area (Å²) in [5.74, 6) is -2.14. The number of fused-ring (bicyclic) bond motifs is 1. The van der Waals surface area contributed by atoms with Crippen molar-refractivity contribution in [2.75, 3.05) is 0 Å². The summed E-state index contributed by atoms with van der Waals surface area (Å²) in [7, 11) is 0. The number of benzene rings is 1. The largest absolute Gasteiger partial charge is 0.364 e. The van der Waals surface area contributed by atoms with Gasteiger partial charge in [-0.2, -0.15) is 0 Å². The average molecular weight is 196 g/mol. The molecule has 0 saturated heterocycles. The van der Waals surface area contributed by atoms with Gasteiger partial charge in [0, 0.05) is 11.5 Å². The van der Waals surface area contributed by atoms with Gasteiger partial charge in [-0.3, -0.25) is 4.79 Å². The van der Waals surface area contributed by atoms with Crippen molar-refractivity contribution in [3.8, 4) is 0 Å². The van der Waals surface area contributed by atoms with Gasteiger partial charge in [-0.25, -0.2) is 8.78 Å². The van der Waals surface area contributed by atoms with Crippen molar-refractivity contribution in [3.05, 3.63) is 35.5 Å². The first-order valence-corrected chi connectivity index (χ1v) is 3.85. The Morgan fingerprint density at radius 3 is 2.64 bits per heavy atom. The van der Waals surface area contributed by atoms with Crippen molar-refractivity contribution in [2.24, 2.45) is 5.73 Å². The minimum absolute atomic E-state index is 0.0597. The molecule has 0 radical (unpaired) electrons. The van der Waals surface area contributed by atoms with Crippen LogP contribution in [0.15, 0.2) is 18.2 Å². The van der Waals surface area contributed by atoms with E-state index in [1.165, 1.54) is 6.07 Å². The molecule has 0 unspecified atom stereocenters. The predicted octanol–water partition coefficient (Wildman–Crippen LogP) is 1.54. The van der Waals surface area contributed by atoms with Crippen LogP contribution in [0.3, 0.4) is 0 Å². The van der Waals surface area contributed by atoms with E-state index in [9.17, 15) is 13.6 Å². The molecule has 0 atom stereocenters. The maximum Gasteiger partial charge on any atom is 0.265 e. The summed E-state index contributed by atoms with van der Waals surface area (Å²) in [6.45, 7) is 0. The molecule has 3 N–H and O–H groups in total. The summed E-state index contributed by atoms with van der Waals surface area (Å²) in [6, 6.07) is 3.18. The third kappa shape index (κ3) is 1.22. The van der Waals surface area contributed by atoms with Crippen LogP contribution in [0.5, 0.6) is 0 Å². The van der Waals surface area contributed by atoms with Gasteiger partial charge in [-0.1, -0.05) is 0 Å². The monoisotopic (exact) mass is 196 g/mol. The van der Waals surface area contributed by atoms with Crippen molar-refractivity contribution in [2.45, 2.75) is 0 Å². The number of rotatable bonds is 1. The van der Waals surface area contributed by atoms with Gasteiger partial charge >= 0.3 is 0 Å². The smallest absolute Gasteiger partial charge is 0.265 e. The molecule has 0 aliphatic carbocycles. The number of nitrogens with one attached hydrogen (secondary N) is 1. The zero-order chi connectivity index (χ0) is 10.3. The van der Waals surface area contributed by atoms with Crippen molar-refractivity contribution in [1.82, 2.24) is 4.98 Å². The molecule has 0 spiro atoms. The first-order valence-electron chi connectivity index (χ1n) is 3.85. The van der Waals surface area contributed by atoms with E-state index < -0.39 is 17.5 Å². The van der Waals surface area contributed by atoms with Crippen molar-refractivity contribution >= 4 is 16.8 Å². The molecule has 1 aromatic carbocycles. The fourth-order valence-electron chi connectivity index (χ4n) is 1.30. The highest BCUT2D eigenvalue weighted by Crippen LogP contribution is 2.19. The van der Waals surface area contributed by atoms with Gasteiger partial charge in [-0.05, 0) is 12.1 Å². The molecule has 0 aliphatic heterocycles. The van der Waals surface area contributed by atoms with E-state index in [-0.39, 0.29) is 16.6 Å². The lowest BCUT2D eigenvalue weighted by molar-refractivity contribution is 0.0996. The number of H-pyrrole nitrogens is 1. The predicted molar refractivity (Wildman–Crippen MR) is 46.7 cm³/mol. The fraction of sp³-hybridized carbons (Fsp3) is 0. The Labute approximate surface area is 77.5 Å². The van der Waals surface area contributed by atoms with Gasteiger partial charge < -0.3 is 10.7 Å². The maximum atomic E-state index is 13.1. The molecule has 1 amide bonds. The average Bonchev–Trinajstić information content (AvgIpc) is 2.47. The lowest BCUT2D eigenvalue weighted by Gasteiger charge is -1.92. The van der Waals surface area contributed by atoms with Crippen LogP contribution in [0.25, 0.3) is 10.9 Å². The molecule has 72 valence electrons. The van der Waals surface area contributed by atoms with Gasteiger partial charge in [0.2, 0.25) is 0 Å². The summed E-state index contributed by atoms with van der Waals surface area (Å²) >= 11 is 0. The van der Waals surface area contributed by atoms with E-state index in [0.29, 0.717) is 0 Å². The number of hydrogen-bond donors (Lipinski definition) is 2. The Morgan fingerprint density at radius 2 is 2.00 bits per heavy atom. The van der Waals surface area contributed by atoms with Crippen LogP contribution in [0, 0.1) is 11.6 Å². The second kappa shape index (κ2) is 2.80.